The van der Waals surface area contributed by atoms with E-state index in [0.29, 0.717) is 0 Å². The number of carboxylic acid groups (broad SMARTS) is 3. The van der Waals surface area contributed by atoms with Crippen LogP contribution in [0, 0.1) is 0 Å². The van der Waals surface area contributed by atoms with Crippen LogP contribution in [0.1, 0.15) is 40.0 Å². The molecular formula is C63H100N5O48-3. The number of rotatable bonds is 39. The largest absolute Gasteiger partial charge is 0.544 e. The highest BCUT2D eigenvalue weighted by Crippen LogP contribution is 2.44. The zero-order chi connectivity index (χ0) is 86.7. The van der Waals surface area contributed by atoms with E-state index in [1.165, 1.54) is 0 Å². The molecule has 0 aromatic carbocycles. The molecule has 0 aromatic rings. The van der Waals surface area contributed by atoms with E-state index in [-0.39, 0.29) is 6.41 Å². The summed E-state index contributed by atoms with van der Waals surface area (Å²) < 4.78 is 81.4. The fraction of sp³-hybridized carbons (Fsp3) is 0.873. The van der Waals surface area contributed by atoms with Crippen molar-refractivity contribution in [1.82, 2.24) is 26.6 Å². The molecule has 0 radical (unpaired) electrons. The molecule has 53 heteroatoms. The SMILES string of the molecule is CC(=O)N[C@H]1[C@H](O[C@@H]2[C@H](O[C@]3(C(=O)[O-])C[C@H](O)[C@@H](NC(=O)CO)[C@H]([C@H](O)[C@@H](CO)O[C@]4(C(=O)[O-])C[C@H](O)[C@@H](NC(C)=O)[C@H]([C@H](O)[C@H](O)CO)O4)O3)[C@@H](O)[C@H](O[C@H]3[C@H](O)[C@@H](O)[C@H](OC[C@@H](CO)NC=O)O[C@@H]3CO)O[C@@H]2CO)O[C@H](CO)[C@H](O)[C@@H]1O[C@@H]1O[C@H](CO)[C@H](O)[C@H](O[C@]2(C(=O)[O-])C[C@H](O)[C@@H](NC(C)=O)[C@H]([C@H](O)[C@H](O)CO)O2)[C@H]1O. The first-order valence-electron chi connectivity index (χ1n) is 35.8. The highest BCUT2D eigenvalue weighted by molar-refractivity contribution is 5.78. The van der Waals surface area contributed by atoms with Crippen molar-refractivity contribution < 1.29 is 237 Å². The second-order valence-electron chi connectivity index (χ2n) is 28.2. The lowest BCUT2D eigenvalue weighted by atomic mass is 9.87. The molecule has 7 saturated heterocycles. The van der Waals surface area contributed by atoms with E-state index in [4.69, 9.17) is 66.3 Å². The Morgan fingerprint density at radius 1 is 0.431 bits per heavy atom. The van der Waals surface area contributed by atoms with Crippen LogP contribution in [-0.4, -0.2) is 469 Å². The summed E-state index contributed by atoms with van der Waals surface area (Å²) in [7, 11) is 0. The van der Waals surface area contributed by atoms with Gasteiger partial charge in [0.05, 0.1) is 102 Å². The van der Waals surface area contributed by atoms with Gasteiger partial charge in [0.1, 0.15) is 177 Å². The van der Waals surface area contributed by atoms with Crippen molar-refractivity contribution in [1.29, 1.82) is 0 Å². The number of aliphatic hydroxyl groups excluding tert-OH is 23. The molecule has 28 N–H and O–H groups in total. The lowest BCUT2D eigenvalue weighted by Gasteiger charge is -2.54. The Bertz CT molecular complexity index is 3220. The molecule has 7 aliphatic rings. The molecule has 7 rings (SSSR count). The Morgan fingerprint density at radius 3 is 1.26 bits per heavy atom. The number of amides is 5. The third-order valence-corrected chi connectivity index (χ3v) is 20.1. The van der Waals surface area contributed by atoms with Gasteiger partial charge in [-0.2, -0.15) is 0 Å². The van der Waals surface area contributed by atoms with Gasteiger partial charge in [-0.25, -0.2) is 0 Å². The second kappa shape index (κ2) is 42.2. The number of carbonyl (C=O) groups excluding carboxylic acids is 8. The van der Waals surface area contributed by atoms with Crippen LogP contribution in [0.4, 0.5) is 0 Å². The van der Waals surface area contributed by atoms with Crippen LogP contribution in [0.15, 0.2) is 0 Å². The minimum Gasteiger partial charge on any atom is -0.544 e. The van der Waals surface area contributed by atoms with Gasteiger partial charge in [-0.1, -0.05) is 0 Å². The number of ether oxygens (including phenoxy) is 14. The molecule has 53 nitrogen and oxygen atoms in total. The summed E-state index contributed by atoms with van der Waals surface area (Å²) in [5.74, 6) is -23.5. The molecular weight excluding hydrogens is 1590 g/mol. The van der Waals surface area contributed by atoms with Gasteiger partial charge < -0.3 is 240 Å². The summed E-state index contributed by atoms with van der Waals surface area (Å²) in [6.45, 7) is -10.2. The van der Waals surface area contributed by atoms with E-state index < -0.39 is 364 Å². The average Bonchev–Trinajstić information content (AvgIpc) is 0.752. The number of aliphatic carboxylic acids is 3. The third kappa shape index (κ3) is 21.8. The van der Waals surface area contributed by atoms with Crippen molar-refractivity contribution in [2.24, 2.45) is 0 Å². The standard InChI is InChI=1S/C63H103N5O48/c1-18(79)65-33-22(82)4-61(58(97)98,112-49(33)37(88)25(85)8-70)111-29(12-74)41(92)51-35(68-32(87)15-77)24(84)6-63(114-51,60(101)102)116-53-45(96)57(108-46-30(13-75)106-55(43(94)42(46)93)103-16-21(7-69)64-17-78)107-31(14-76)47(53)109-54-36(67-20(3)81)48(39(90)27(10-72)104-54)110-56-44(95)52(40(91)28(11-73)105-56)115-62(59(99)100)5-23(83)34(66-19(2)80)50(113-62)38(89)26(86)9-71/h17,21-31,33-57,69-77,82-86,88-96H,4-16H2,1-3H3,(H,64,78)(H,65,79)(H,66,80)(H,67,81)(H,68,87)(H,97,98)(H,99,100)(H,101,102)/p-3/t21-,22+,23+,24+,25-,26-,27-,28-,29-,30-,31-,33-,34-,35-,36-,37-,38-,39+,40+,41-,42-,43-,44-,45-,46-,47+,48-,49-,50-,51-,52+,53-,54+,55-,56+,57+,61-,62+,63+/m1/s1. The first-order valence-corrected chi connectivity index (χ1v) is 35.8. The van der Waals surface area contributed by atoms with Gasteiger partial charge in [0.25, 0.3) is 0 Å². The topological polar surface area (TPSA) is 860 Å². The summed E-state index contributed by atoms with van der Waals surface area (Å²) in [5.41, 5.74) is 0. The molecule has 7 aliphatic heterocycles. The lowest BCUT2D eigenvalue weighted by molar-refractivity contribution is -0.424. The first-order chi connectivity index (χ1) is 54.6. The molecule has 0 unspecified atom stereocenters. The fourth-order valence-corrected chi connectivity index (χ4v) is 14.3. The average molecular weight is 1700 g/mol. The van der Waals surface area contributed by atoms with Gasteiger partial charge in [0, 0.05) is 40.0 Å². The predicted molar refractivity (Wildman–Crippen MR) is 347 cm³/mol. The molecule has 5 amide bonds. The summed E-state index contributed by atoms with van der Waals surface area (Å²) in [6.07, 6.45) is -80.4. The maximum atomic E-state index is 14.2. The van der Waals surface area contributed by atoms with E-state index in [1.54, 1.807) is 0 Å². The van der Waals surface area contributed by atoms with Crippen molar-refractivity contribution in [3.63, 3.8) is 0 Å². The minimum atomic E-state index is -3.98. The van der Waals surface area contributed by atoms with E-state index >= 15 is 0 Å². The van der Waals surface area contributed by atoms with Crippen molar-refractivity contribution in [3.05, 3.63) is 0 Å². The Hall–Kier alpha value is -5.72. The van der Waals surface area contributed by atoms with Gasteiger partial charge >= 0.3 is 0 Å². The Kier molecular flexibility index (Phi) is 35.4. The van der Waals surface area contributed by atoms with E-state index in [0.717, 1.165) is 20.8 Å². The zero-order valence-corrected chi connectivity index (χ0v) is 61.5. The summed E-state index contributed by atoms with van der Waals surface area (Å²) >= 11 is 0. The van der Waals surface area contributed by atoms with Crippen LogP contribution in [0.2, 0.25) is 0 Å². The second-order valence-corrected chi connectivity index (χ2v) is 28.2. The summed E-state index contributed by atoms with van der Waals surface area (Å²) in [5, 5.41) is 307. The monoisotopic (exact) mass is 1690 g/mol. The maximum Gasteiger partial charge on any atom is 0.246 e. The van der Waals surface area contributed by atoms with E-state index in [9.17, 15) is 171 Å². The number of hydrogen-bond acceptors (Lipinski definition) is 48. The maximum absolute atomic E-state index is 14.2. The smallest absolute Gasteiger partial charge is 0.246 e. The highest BCUT2D eigenvalue weighted by Gasteiger charge is 2.64. The zero-order valence-electron chi connectivity index (χ0n) is 61.5. The van der Waals surface area contributed by atoms with Crippen molar-refractivity contribution >= 4 is 47.9 Å². The molecule has 116 heavy (non-hydrogen) atoms. The van der Waals surface area contributed by atoms with Gasteiger partial charge in [0.2, 0.25) is 47.4 Å². The number of aliphatic hydroxyl groups is 23. The van der Waals surface area contributed by atoms with Crippen LogP contribution in [0.5, 0.6) is 0 Å². The van der Waals surface area contributed by atoms with Gasteiger partial charge in [0.15, 0.2) is 25.2 Å². The third-order valence-electron chi connectivity index (χ3n) is 20.1. The highest BCUT2D eigenvalue weighted by atomic mass is 16.8. The van der Waals surface area contributed by atoms with Crippen molar-refractivity contribution in [2.45, 2.75) is 278 Å². The normalized spacial score (nSPS) is 41.4. The number of nitrogens with one attached hydrogen (secondary N) is 5. The van der Waals surface area contributed by atoms with Crippen molar-refractivity contribution in [2.75, 3.05) is 66.1 Å². The Labute approximate surface area is 654 Å². The minimum absolute atomic E-state index is 0.163. The Balaban J connectivity index is 1.34. The first kappa shape index (κ1) is 97.4. The number of carbonyl (C=O) groups is 8. The van der Waals surface area contributed by atoms with Crippen LogP contribution < -0.4 is 41.9 Å². The van der Waals surface area contributed by atoms with E-state index in [2.05, 4.69) is 21.3 Å². The Morgan fingerprint density at radius 2 is 0.819 bits per heavy atom. The molecule has 7 heterocycles. The molecule has 0 aromatic heterocycles. The predicted octanol–water partition coefficient (Wildman–Crippen LogP) is -24.0. The van der Waals surface area contributed by atoms with Crippen molar-refractivity contribution in [3.8, 4) is 0 Å². The molecule has 0 aliphatic carbocycles. The lowest BCUT2D eigenvalue weighted by Crippen LogP contribution is -2.74. The molecule has 0 spiro atoms. The molecule has 668 valence electrons. The number of carboxylic acids is 3. The molecule has 0 bridgehead atoms. The van der Waals surface area contributed by atoms with Crippen LogP contribution in [0.3, 0.4) is 0 Å². The van der Waals surface area contributed by atoms with Crippen LogP contribution in [0.25, 0.3) is 0 Å². The van der Waals surface area contributed by atoms with Crippen LogP contribution in [-0.2, 0) is 105 Å². The molecule has 0 saturated carbocycles. The van der Waals surface area contributed by atoms with Gasteiger partial charge in [-0.3, -0.25) is 24.0 Å². The number of hydrogen-bond donors (Lipinski definition) is 28. The van der Waals surface area contributed by atoms with Gasteiger partial charge in [-0.15, -0.1) is 0 Å². The molecule has 7 fully saturated rings. The molecule has 39 atom stereocenters. The van der Waals surface area contributed by atoms with Crippen LogP contribution >= 0.6 is 0 Å². The van der Waals surface area contributed by atoms with E-state index in [1.807, 2.05) is 5.32 Å². The van der Waals surface area contributed by atoms with Gasteiger partial charge in [-0.05, 0) is 0 Å². The quantitative estimate of drug-likeness (QED) is 0.0254. The fourth-order valence-electron chi connectivity index (χ4n) is 14.3. The summed E-state index contributed by atoms with van der Waals surface area (Å²) in [6, 6.07) is -9.61. The summed E-state index contributed by atoms with van der Waals surface area (Å²) in [4.78, 5) is 103.